The van der Waals surface area contributed by atoms with Gasteiger partial charge in [0.05, 0.1) is 18.4 Å². The predicted molar refractivity (Wildman–Crippen MR) is 109 cm³/mol. The summed E-state index contributed by atoms with van der Waals surface area (Å²) in [7, 11) is 1.65. The summed E-state index contributed by atoms with van der Waals surface area (Å²) in [4.78, 5) is 16.5. The minimum Gasteiger partial charge on any atom is -0.497 e. The zero-order valence-corrected chi connectivity index (χ0v) is 15.7. The molecule has 27 heavy (non-hydrogen) atoms. The maximum absolute atomic E-state index is 12.4. The van der Waals surface area contributed by atoms with Crippen molar-refractivity contribution in [3.63, 3.8) is 0 Å². The van der Waals surface area contributed by atoms with E-state index in [1.807, 2.05) is 24.3 Å². The summed E-state index contributed by atoms with van der Waals surface area (Å²) in [6.07, 6.45) is 4.08. The average molecular weight is 382 g/mol. The number of hydrogen-bond donors (Lipinski definition) is 2. The Balaban J connectivity index is 1.57. The number of anilines is 2. The predicted octanol–water partition coefficient (Wildman–Crippen LogP) is 4.65. The Morgan fingerprint density at radius 2 is 1.89 bits per heavy atom. The SMILES string of the molecule is COc1ccc(CCNc2cncc(C(=O)Nc3cccc(Cl)c3)c2)cc1. The third-order valence-corrected chi connectivity index (χ3v) is 4.22. The van der Waals surface area contributed by atoms with Gasteiger partial charge in [0, 0.05) is 29.6 Å². The zero-order valence-electron chi connectivity index (χ0n) is 14.9. The Morgan fingerprint density at radius 1 is 1.07 bits per heavy atom. The van der Waals surface area contributed by atoms with Gasteiger partial charge in [0.15, 0.2) is 0 Å². The van der Waals surface area contributed by atoms with Crippen LogP contribution in [0.15, 0.2) is 67.0 Å². The molecule has 0 radical (unpaired) electrons. The van der Waals surface area contributed by atoms with Gasteiger partial charge in [-0.15, -0.1) is 0 Å². The van der Waals surface area contributed by atoms with Crippen molar-refractivity contribution in [1.82, 2.24) is 4.98 Å². The second-order valence-corrected chi connectivity index (χ2v) is 6.39. The van der Waals surface area contributed by atoms with E-state index in [2.05, 4.69) is 15.6 Å². The van der Waals surface area contributed by atoms with Crippen molar-refractivity contribution in [2.75, 3.05) is 24.3 Å². The number of ether oxygens (including phenoxy) is 1. The molecule has 1 heterocycles. The van der Waals surface area contributed by atoms with Crippen LogP contribution in [0, 0.1) is 0 Å². The largest absolute Gasteiger partial charge is 0.497 e. The number of aromatic nitrogens is 1. The zero-order chi connectivity index (χ0) is 19.1. The normalized spacial score (nSPS) is 10.3. The highest BCUT2D eigenvalue weighted by molar-refractivity contribution is 6.30. The first-order valence-electron chi connectivity index (χ1n) is 8.53. The van der Waals surface area contributed by atoms with Gasteiger partial charge in [-0.05, 0) is 48.4 Å². The molecule has 138 valence electrons. The molecule has 1 amide bonds. The molecule has 3 aromatic rings. The molecule has 0 atom stereocenters. The summed E-state index contributed by atoms with van der Waals surface area (Å²) < 4.78 is 5.16. The van der Waals surface area contributed by atoms with E-state index >= 15 is 0 Å². The van der Waals surface area contributed by atoms with Crippen molar-refractivity contribution in [3.8, 4) is 5.75 Å². The summed E-state index contributed by atoms with van der Waals surface area (Å²) in [6.45, 7) is 0.730. The molecule has 2 N–H and O–H groups in total. The summed E-state index contributed by atoms with van der Waals surface area (Å²) in [5.41, 5.74) is 3.11. The molecule has 0 aliphatic rings. The highest BCUT2D eigenvalue weighted by Crippen LogP contribution is 2.17. The fraction of sp³-hybridized carbons (Fsp3) is 0.143. The average Bonchev–Trinajstić information content (AvgIpc) is 2.69. The van der Waals surface area contributed by atoms with Gasteiger partial charge in [-0.1, -0.05) is 29.8 Å². The molecule has 0 bridgehead atoms. The van der Waals surface area contributed by atoms with Gasteiger partial charge in [-0.3, -0.25) is 9.78 Å². The van der Waals surface area contributed by atoms with Crippen LogP contribution in [0.2, 0.25) is 5.02 Å². The quantitative estimate of drug-likeness (QED) is 0.625. The third-order valence-electron chi connectivity index (χ3n) is 3.98. The van der Waals surface area contributed by atoms with Crippen LogP contribution in [0.4, 0.5) is 11.4 Å². The van der Waals surface area contributed by atoms with Crippen LogP contribution >= 0.6 is 11.6 Å². The van der Waals surface area contributed by atoms with Crippen molar-refractivity contribution in [3.05, 3.63) is 83.1 Å². The second-order valence-electron chi connectivity index (χ2n) is 5.95. The van der Waals surface area contributed by atoms with Gasteiger partial charge in [-0.2, -0.15) is 0 Å². The summed E-state index contributed by atoms with van der Waals surface area (Å²) >= 11 is 5.94. The topological polar surface area (TPSA) is 63.2 Å². The fourth-order valence-electron chi connectivity index (χ4n) is 2.57. The third kappa shape index (κ3) is 5.46. The first-order valence-corrected chi connectivity index (χ1v) is 8.90. The van der Waals surface area contributed by atoms with E-state index in [9.17, 15) is 4.79 Å². The van der Waals surface area contributed by atoms with Crippen LogP contribution in [0.5, 0.6) is 5.75 Å². The Morgan fingerprint density at radius 3 is 2.63 bits per heavy atom. The summed E-state index contributed by atoms with van der Waals surface area (Å²) in [6, 6.07) is 16.8. The number of halogens is 1. The highest BCUT2D eigenvalue weighted by atomic mass is 35.5. The van der Waals surface area contributed by atoms with Gasteiger partial charge in [0.25, 0.3) is 5.91 Å². The van der Waals surface area contributed by atoms with Crippen molar-refractivity contribution in [2.45, 2.75) is 6.42 Å². The van der Waals surface area contributed by atoms with E-state index < -0.39 is 0 Å². The Labute approximate surface area is 163 Å². The molecule has 2 aromatic carbocycles. The molecule has 0 spiro atoms. The second kappa shape index (κ2) is 9.05. The van der Waals surface area contributed by atoms with E-state index in [0.29, 0.717) is 16.3 Å². The van der Waals surface area contributed by atoms with E-state index in [0.717, 1.165) is 24.4 Å². The molecule has 0 aliphatic carbocycles. The number of rotatable bonds is 7. The van der Waals surface area contributed by atoms with Gasteiger partial charge >= 0.3 is 0 Å². The van der Waals surface area contributed by atoms with Crippen LogP contribution < -0.4 is 15.4 Å². The number of amides is 1. The number of carbonyl (C=O) groups excluding carboxylic acids is 1. The van der Waals surface area contributed by atoms with Crippen molar-refractivity contribution in [2.24, 2.45) is 0 Å². The summed E-state index contributed by atoms with van der Waals surface area (Å²) in [5.74, 6) is 0.609. The number of pyridine rings is 1. The Kier molecular flexibility index (Phi) is 6.28. The molecule has 3 rings (SSSR count). The number of methoxy groups -OCH3 is 1. The smallest absolute Gasteiger partial charge is 0.257 e. The van der Waals surface area contributed by atoms with Crippen molar-refractivity contribution < 1.29 is 9.53 Å². The molecular formula is C21H20ClN3O2. The lowest BCUT2D eigenvalue weighted by Gasteiger charge is -2.09. The monoisotopic (exact) mass is 381 g/mol. The molecular weight excluding hydrogens is 362 g/mol. The molecule has 5 nitrogen and oxygen atoms in total. The van der Waals surface area contributed by atoms with Crippen LogP contribution in [0.3, 0.4) is 0 Å². The fourth-order valence-corrected chi connectivity index (χ4v) is 2.76. The number of nitrogens with zero attached hydrogens (tertiary/aromatic N) is 1. The standard InChI is InChI=1S/C21H20ClN3O2/c1-27-20-7-5-15(6-8-20)9-10-24-19-11-16(13-23-14-19)21(26)25-18-4-2-3-17(22)12-18/h2-8,11-14,24H,9-10H2,1H3,(H,25,26). The molecule has 0 saturated heterocycles. The molecule has 1 aromatic heterocycles. The molecule has 0 unspecified atom stereocenters. The highest BCUT2D eigenvalue weighted by Gasteiger charge is 2.08. The van der Waals surface area contributed by atoms with Crippen molar-refractivity contribution >= 4 is 28.9 Å². The van der Waals surface area contributed by atoms with Crippen LogP contribution in [0.25, 0.3) is 0 Å². The Hall–Kier alpha value is -3.05. The van der Waals surface area contributed by atoms with E-state index in [-0.39, 0.29) is 5.91 Å². The van der Waals surface area contributed by atoms with E-state index in [4.69, 9.17) is 16.3 Å². The minimum absolute atomic E-state index is 0.233. The first-order chi connectivity index (χ1) is 13.1. The number of carbonyl (C=O) groups is 1. The van der Waals surface area contributed by atoms with E-state index in [1.165, 1.54) is 11.8 Å². The molecule has 0 fully saturated rings. The van der Waals surface area contributed by atoms with Gasteiger partial charge in [0.2, 0.25) is 0 Å². The van der Waals surface area contributed by atoms with E-state index in [1.54, 1.807) is 43.6 Å². The molecule has 0 saturated carbocycles. The lowest BCUT2D eigenvalue weighted by molar-refractivity contribution is 0.102. The summed E-state index contributed by atoms with van der Waals surface area (Å²) in [5, 5.41) is 6.68. The van der Waals surface area contributed by atoms with Gasteiger partial charge in [-0.25, -0.2) is 0 Å². The lowest BCUT2D eigenvalue weighted by atomic mass is 10.1. The van der Waals surface area contributed by atoms with Crippen molar-refractivity contribution in [1.29, 1.82) is 0 Å². The molecule has 6 heteroatoms. The van der Waals surface area contributed by atoms with Crippen LogP contribution in [0.1, 0.15) is 15.9 Å². The first kappa shape index (κ1) is 18.7. The van der Waals surface area contributed by atoms with Crippen LogP contribution in [-0.4, -0.2) is 24.5 Å². The Bertz CT molecular complexity index is 913. The maximum Gasteiger partial charge on any atom is 0.257 e. The van der Waals surface area contributed by atoms with Crippen LogP contribution in [-0.2, 0) is 6.42 Å². The maximum atomic E-state index is 12.4. The van der Waals surface area contributed by atoms with Gasteiger partial charge in [0.1, 0.15) is 5.75 Å². The number of nitrogens with one attached hydrogen (secondary N) is 2. The minimum atomic E-state index is -0.233. The lowest BCUT2D eigenvalue weighted by Crippen LogP contribution is -2.13. The van der Waals surface area contributed by atoms with Gasteiger partial charge < -0.3 is 15.4 Å². The number of hydrogen-bond acceptors (Lipinski definition) is 4. The molecule has 0 aliphatic heterocycles. The number of benzene rings is 2.